The number of halogens is 2. The standard InChI is InChI=1S/C15H15ClFNS/c1-2-18-10-11-6-7-15(14(17)8-11)19-13-5-3-4-12(16)9-13/h3-9,18H,2,10H2,1H3. The first-order valence-electron chi connectivity index (χ1n) is 6.11. The lowest BCUT2D eigenvalue weighted by Crippen LogP contribution is -2.11. The predicted octanol–water partition coefficient (Wildman–Crippen LogP) is 4.74. The smallest absolute Gasteiger partial charge is 0.137 e. The van der Waals surface area contributed by atoms with Crippen molar-refractivity contribution in [2.45, 2.75) is 23.3 Å². The molecule has 0 atom stereocenters. The molecule has 0 spiro atoms. The quantitative estimate of drug-likeness (QED) is 0.855. The molecule has 2 aromatic rings. The van der Waals surface area contributed by atoms with Crippen molar-refractivity contribution in [3.8, 4) is 0 Å². The molecule has 1 nitrogen and oxygen atoms in total. The lowest BCUT2D eigenvalue weighted by Gasteiger charge is -2.07. The van der Waals surface area contributed by atoms with Gasteiger partial charge in [-0.15, -0.1) is 0 Å². The molecule has 2 rings (SSSR count). The average molecular weight is 296 g/mol. The van der Waals surface area contributed by atoms with Gasteiger partial charge in [0, 0.05) is 21.4 Å². The summed E-state index contributed by atoms with van der Waals surface area (Å²) in [6.07, 6.45) is 0. The van der Waals surface area contributed by atoms with Crippen LogP contribution in [0.1, 0.15) is 12.5 Å². The minimum absolute atomic E-state index is 0.194. The molecule has 0 aliphatic heterocycles. The Balaban J connectivity index is 2.13. The number of nitrogens with one attached hydrogen (secondary N) is 1. The highest BCUT2D eigenvalue weighted by Crippen LogP contribution is 2.31. The summed E-state index contributed by atoms with van der Waals surface area (Å²) in [5.41, 5.74) is 0.954. The van der Waals surface area contributed by atoms with Crippen LogP contribution < -0.4 is 5.32 Å². The van der Waals surface area contributed by atoms with Crippen LogP contribution in [0.15, 0.2) is 52.3 Å². The lowest BCUT2D eigenvalue weighted by molar-refractivity contribution is 0.596. The Hall–Kier alpha value is -1.03. The molecule has 0 heterocycles. The van der Waals surface area contributed by atoms with Crippen molar-refractivity contribution in [2.75, 3.05) is 6.54 Å². The summed E-state index contributed by atoms with van der Waals surface area (Å²) in [6, 6.07) is 12.8. The summed E-state index contributed by atoms with van der Waals surface area (Å²) in [4.78, 5) is 1.55. The first-order chi connectivity index (χ1) is 9.19. The van der Waals surface area contributed by atoms with E-state index >= 15 is 0 Å². The van der Waals surface area contributed by atoms with E-state index in [0.29, 0.717) is 16.5 Å². The van der Waals surface area contributed by atoms with Gasteiger partial charge >= 0.3 is 0 Å². The first-order valence-corrected chi connectivity index (χ1v) is 7.31. The third kappa shape index (κ3) is 4.23. The SMILES string of the molecule is CCNCc1ccc(Sc2cccc(Cl)c2)c(F)c1. The van der Waals surface area contributed by atoms with Crippen LogP contribution in [0.4, 0.5) is 4.39 Å². The topological polar surface area (TPSA) is 12.0 Å². The van der Waals surface area contributed by atoms with E-state index in [1.807, 2.05) is 43.3 Å². The molecule has 0 radical (unpaired) electrons. The van der Waals surface area contributed by atoms with E-state index in [-0.39, 0.29) is 5.82 Å². The van der Waals surface area contributed by atoms with Crippen LogP contribution >= 0.6 is 23.4 Å². The van der Waals surface area contributed by atoms with Gasteiger partial charge in [0.15, 0.2) is 0 Å². The van der Waals surface area contributed by atoms with Crippen LogP contribution in [0.5, 0.6) is 0 Å². The highest BCUT2D eigenvalue weighted by Gasteiger charge is 2.06. The van der Waals surface area contributed by atoms with E-state index < -0.39 is 0 Å². The van der Waals surface area contributed by atoms with Crippen LogP contribution in [0, 0.1) is 5.82 Å². The molecule has 19 heavy (non-hydrogen) atoms. The van der Waals surface area contributed by atoms with E-state index in [4.69, 9.17) is 11.6 Å². The molecule has 0 bridgehead atoms. The molecule has 0 amide bonds. The van der Waals surface area contributed by atoms with E-state index in [1.54, 1.807) is 6.07 Å². The Kier molecular flexibility index (Phi) is 5.25. The molecule has 0 saturated heterocycles. The summed E-state index contributed by atoms with van der Waals surface area (Å²) in [6.45, 7) is 3.59. The fourth-order valence-corrected chi connectivity index (χ4v) is 2.80. The molecule has 1 N–H and O–H groups in total. The molecule has 0 unspecified atom stereocenters. The molecular formula is C15H15ClFNS. The number of hydrogen-bond acceptors (Lipinski definition) is 2. The van der Waals surface area contributed by atoms with Crippen molar-refractivity contribution in [1.82, 2.24) is 5.32 Å². The van der Waals surface area contributed by atoms with Gasteiger partial charge in [-0.1, -0.05) is 42.4 Å². The Labute approximate surface area is 122 Å². The fourth-order valence-electron chi connectivity index (χ4n) is 1.66. The lowest BCUT2D eigenvalue weighted by atomic mass is 10.2. The minimum atomic E-state index is -0.194. The van der Waals surface area contributed by atoms with Crippen molar-refractivity contribution in [1.29, 1.82) is 0 Å². The zero-order valence-electron chi connectivity index (χ0n) is 10.6. The number of hydrogen-bond donors (Lipinski definition) is 1. The van der Waals surface area contributed by atoms with Crippen LogP contribution in [-0.2, 0) is 6.54 Å². The third-order valence-corrected chi connectivity index (χ3v) is 3.88. The molecule has 0 aromatic heterocycles. The second-order valence-electron chi connectivity index (χ2n) is 4.10. The van der Waals surface area contributed by atoms with E-state index in [1.165, 1.54) is 11.8 Å². The minimum Gasteiger partial charge on any atom is -0.313 e. The van der Waals surface area contributed by atoms with Crippen molar-refractivity contribution in [3.05, 3.63) is 58.9 Å². The highest BCUT2D eigenvalue weighted by atomic mass is 35.5. The zero-order valence-corrected chi connectivity index (χ0v) is 12.2. The maximum absolute atomic E-state index is 14.0. The number of rotatable bonds is 5. The fraction of sp³-hybridized carbons (Fsp3) is 0.200. The van der Waals surface area contributed by atoms with Gasteiger partial charge in [0.25, 0.3) is 0 Å². The van der Waals surface area contributed by atoms with Crippen molar-refractivity contribution in [3.63, 3.8) is 0 Å². The van der Waals surface area contributed by atoms with Gasteiger partial charge in [0.1, 0.15) is 5.82 Å². The van der Waals surface area contributed by atoms with Crippen LogP contribution in [0.2, 0.25) is 5.02 Å². The van der Waals surface area contributed by atoms with E-state index in [0.717, 1.165) is 17.0 Å². The van der Waals surface area contributed by atoms with Gasteiger partial charge in [-0.25, -0.2) is 4.39 Å². The van der Waals surface area contributed by atoms with Crippen LogP contribution in [0.3, 0.4) is 0 Å². The van der Waals surface area contributed by atoms with Gasteiger partial charge < -0.3 is 5.32 Å². The van der Waals surface area contributed by atoms with Crippen molar-refractivity contribution >= 4 is 23.4 Å². The molecule has 0 aliphatic carbocycles. The van der Waals surface area contributed by atoms with Gasteiger partial charge in [0.2, 0.25) is 0 Å². The van der Waals surface area contributed by atoms with Crippen LogP contribution in [-0.4, -0.2) is 6.54 Å². The van der Waals surface area contributed by atoms with Crippen molar-refractivity contribution < 1.29 is 4.39 Å². The first kappa shape index (κ1) is 14.4. The summed E-state index contributed by atoms with van der Waals surface area (Å²) in [7, 11) is 0. The van der Waals surface area contributed by atoms with Gasteiger partial charge in [-0.2, -0.15) is 0 Å². The monoisotopic (exact) mass is 295 g/mol. The third-order valence-electron chi connectivity index (χ3n) is 2.60. The second kappa shape index (κ2) is 6.94. The largest absolute Gasteiger partial charge is 0.313 e. The molecule has 0 fully saturated rings. The Morgan fingerprint density at radius 3 is 2.74 bits per heavy atom. The van der Waals surface area contributed by atoms with E-state index in [9.17, 15) is 4.39 Å². The Bertz CT molecular complexity index is 560. The average Bonchev–Trinajstić information content (AvgIpc) is 2.39. The number of benzene rings is 2. The molecule has 0 aliphatic rings. The Morgan fingerprint density at radius 1 is 1.21 bits per heavy atom. The second-order valence-corrected chi connectivity index (χ2v) is 5.66. The zero-order chi connectivity index (χ0) is 13.7. The van der Waals surface area contributed by atoms with Gasteiger partial charge in [-0.05, 0) is 42.4 Å². The van der Waals surface area contributed by atoms with Gasteiger partial charge in [0.05, 0.1) is 0 Å². The summed E-state index contributed by atoms with van der Waals surface area (Å²) >= 11 is 7.30. The normalized spacial score (nSPS) is 10.7. The molecule has 2 aromatic carbocycles. The summed E-state index contributed by atoms with van der Waals surface area (Å²) in [5.74, 6) is -0.194. The maximum atomic E-state index is 14.0. The summed E-state index contributed by atoms with van der Waals surface area (Å²) < 4.78 is 14.0. The van der Waals surface area contributed by atoms with E-state index in [2.05, 4.69) is 5.32 Å². The Morgan fingerprint density at radius 2 is 2.05 bits per heavy atom. The van der Waals surface area contributed by atoms with Crippen LogP contribution in [0.25, 0.3) is 0 Å². The molecular weight excluding hydrogens is 281 g/mol. The highest BCUT2D eigenvalue weighted by molar-refractivity contribution is 7.99. The molecule has 0 saturated carbocycles. The maximum Gasteiger partial charge on any atom is 0.137 e. The molecule has 100 valence electrons. The van der Waals surface area contributed by atoms with Crippen molar-refractivity contribution in [2.24, 2.45) is 0 Å². The summed E-state index contributed by atoms with van der Waals surface area (Å²) in [5, 5.41) is 3.84. The van der Waals surface area contributed by atoms with Gasteiger partial charge in [-0.3, -0.25) is 0 Å². The molecule has 4 heteroatoms. The predicted molar refractivity (Wildman–Crippen MR) is 79.4 cm³/mol.